The zero-order valence-corrected chi connectivity index (χ0v) is 6.87. The fourth-order valence-corrected chi connectivity index (χ4v) is 1.43. The van der Waals surface area contributed by atoms with Crippen molar-refractivity contribution < 1.29 is 13.9 Å². The Morgan fingerprint density at radius 3 is 2.92 bits per heavy atom. The van der Waals surface area contributed by atoms with E-state index in [1.165, 1.54) is 0 Å². The Balaban J connectivity index is 2.38. The number of rotatable bonds is 1. The first-order chi connectivity index (χ1) is 5.73. The summed E-state index contributed by atoms with van der Waals surface area (Å²) in [6.45, 7) is 2.34. The van der Waals surface area contributed by atoms with Crippen LogP contribution in [0.3, 0.4) is 0 Å². The minimum absolute atomic E-state index is 0.183. The highest BCUT2D eigenvalue weighted by molar-refractivity contribution is 5.83. The molecule has 3 nitrogen and oxygen atoms in total. The summed E-state index contributed by atoms with van der Waals surface area (Å²) in [5, 5.41) is 0. The first-order valence-corrected chi connectivity index (χ1v) is 3.95. The van der Waals surface area contributed by atoms with Crippen molar-refractivity contribution in [2.45, 2.75) is 18.8 Å². The molecule has 0 aliphatic carbocycles. The lowest BCUT2D eigenvalue weighted by Crippen LogP contribution is -2.26. The molecule has 2 heterocycles. The Morgan fingerprint density at radius 1 is 1.58 bits per heavy atom. The number of hydrogen-bond acceptors (Lipinski definition) is 3. The molecule has 2 rings (SSSR count). The van der Waals surface area contributed by atoms with Crippen LogP contribution in [-0.4, -0.2) is 12.6 Å². The van der Waals surface area contributed by atoms with Crippen LogP contribution in [0.15, 0.2) is 22.8 Å². The molecule has 0 aromatic carbocycles. The van der Waals surface area contributed by atoms with Gasteiger partial charge in [0.15, 0.2) is 0 Å². The Morgan fingerprint density at radius 2 is 2.42 bits per heavy atom. The van der Waals surface area contributed by atoms with Gasteiger partial charge in [-0.05, 0) is 19.1 Å². The van der Waals surface area contributed by atoms with E-state index in [-0.39, 0.29) is 5.97 Å². The third-order valence-corrected chi connectivity index (χ3v) is 2.35. The third kappa shape index (κ3) is 0.858. The van der Waals surface area contributed by atoms with Gasteiger partial charge in [-0.2, -0.15) is 0 Å². The molecule has 0 bridgehead atoms. The predicted molar refractivity (Wildman–Crippen MR) is 41.6 cm³/mol. The molecule has 1 aliphatic rings. The highest BCUT2D eigenvalue weighted by Crippen LogP contribution is 2.33. The van der Waals surface area contributed by atoms with Crippen molar-refractivity contribution in [1.82, 2.24) is 0 Å². The molecule has 12 heavy (non-hydrogen) atoms. The van der Waals surface area contributed by atoms with Crippen LogP contribution in [0.4, 0.5) is 0 Å². The zero-order valence-electron chi connectivity index (χ0n) is 6.87. The van der Waals surface area contributed by atoms with Gasteiger partial charge in [0.05, 0.1) is 12.9 Å². The lowest BCUT2D eigenvalue weighted by molar-refractivity contribution is -0.142. The molecule has 0 radical (unpaired) electrons. The van der Waals surface area contributed by atoms with Crippen molar-refractivity contribution in [3.8, 4) is 0 Å². The highest BCUT2D eigenvalue weighted by atomic mass is 16.5. The molecule has 1 aromatic heterocycles. The van der Waals surface area contributed by atoms with Crippen molar-refractivity contribution in [2.24, 2.45) is 0 Å². The Kier molecular flexibility index (Phi) is 1.46. The molecule has 0 N–H and O–H groups in total. The number of furan rings is 1. The summed E-state index contributed by atoms with van der Waals surface area (Å²) in [5.41, 5.74) is -0.552. The number of ether oxygens (including phenoxy) is 1. The monoisotopic (exact) mass is 166 g/mol. The third-order valence-electron chi connectivity index (χ3n) is 2.35. The summed E-state index contributed by atoms with van der Waals surface area (Å²) in [5.74, 6) is 0.516. The number of carbonyl (C=O) groups excluding carboxylic acids is 1. The van der Waals surface area contributed by atoms with Crippen LogP contribution in [0, 0.1) is 0 Å². The van der Waals surface area contributed by atoms with E-state index in [1.807, 2.05) is 13.0 Å². The Bertz CT molecular complexity index is 289. The molecule has 1 fully saturated rings. The number of carbonyl (C=O) groups is 1. The molecule has 1 saturated heterocycles. The van der Waals surface area contributed by atoms with E-state index in [9.17, 15) is 4.79 Å². The summed E-state index contributed by atoms with van der Waals surface area (Å²) in [6, 6.07) is 3.60. The van der Waals surface area contributed by atoms with Crippen LogP contribution >= 0.6 is 0 Å². The average molecular weight is 166 g/mol. The molecule has 0 saturated carbocycles. The molecule has 0 spiro atoms. The van der Waals surface area contributed by atoms with Crippen molar-refractivity contribution >= 4 is 5.97 Å². The van der Waals surface area contributed by atoms with Gasteiger partial charge >= 0.3 is 5.97 Å². The van der Waals surface area contributed by atoms with Gasteiger partial charge in [-0.25, -0.2) is 0 Å². The lowest BCUT2D eigenvalue weighted by atomic mass is 9.86. The molecule has 1 atom stereocenters. The van der Waals surface area contributed by atoms with Crippen molar-refractivity contribution in [3.63, 3.8) is 0 Å². The molecule has 64 valence electrons. The van der Waals surface area contributed by atoms with Crippen LogP contribution < -0.4 is 0 Å². The first-order valence-electron chi connectivity index (χ1n) is 3.95. The van der Waals surface area contributed by atoms with Crippen molar-refractivity contribution in [3.05, 3.63) is 24.2 Å². The second kappa shape index (κ2) is 2.37. The quantitative estimate of drug-likeness (QED) is 0.593. The molecule has 1 aliphatic heterocycles. The molecular weight excluding hydrogens is 156 g/mol. The minimum atomic E-state index is -0.552. The van der Waals surface area contributed by atoms with Crippen LogP contribution in [0.2, 0.25) is 0 Å². The summed E-state index contributed by atoms with van der Waals surface area (Å²) in [7, 11) is 0. The van der Waals surface area contributed by atoms with E-state index in [2.05, 4.69) is 0 Å². The Labute approximate surface area is 70.3 Å². The maximum atomic E-state index is 11.3. The smallest absolute Gasteiger partial charge is 0.319 e. The number of hydrogen-bond donors (Lipinski definition) is 0. The maximum absolute atomic E-state index is 11.3. The lowest BCUT2D eigenvalue weighted by Gasteiger charge is -2.14. The van der Waals surface area contributed by atoms with Gasteiger partial charge in [0.25, 0.3) is 0 Å². The molecule has 0 amide bonds. The van der Waals surface area contributed by atoms with Gasteiger partial charge in [-0.1, -0.05) is 0 Å². The number of cyclic esters (lactones) is 1. The van der Waals surface area contributed by atoms with Gasteiger partial charge in [-0.3, -0.25) is 4.79 Å². The predicted octanol–water partition coefficient (Wildman–Crippen LogP) is 1.48. The normalized spacial score (nSPS) is 28.9. The largest absolute Gasteiger partial charge is 0.468 e. The minimum Gasteiger partial charge on any atom is -0.468 e. The van der Waals surface area contributed by atoms with Gasteiger partial charge in [0.1, 0.15) is 11.2 Å². The first kappa shape index (κ1) is 7.40. The van der Waals surface area contributed by atoms with Gasteiger partial charge in [0, 0.05) is 6.42 Å². The average Bonchev–Trinajstić information content (AvgIpc) is 2.62. The van der Waals surface area contributed by atoms with Gasteiger partial charge in [-0.15, -0.1) is 0 Å². The zero-order chi connectivity index (χ0) is 8.60. The molecule has 1 unspecified atom stereocenters. The van der Waals surface area contributed by atoms with Crippen LogP contribution in [-0.2, 0) is 14.9 Å². The van der Waals surface area contributed by atoms with Crippen molar-refractivity contribution in [1.29, 1.82) is 0 Å². The van der Waals surface area contributed by atoms with E-state index in [0.29, 0.717) is 18.8 Å². The molecular formula is C9H10O3. The standard InChI is InChI=1S/C9H10O3/c1-9(4-6-12-8(9)10)7-3-2-5-11-7/h2-3,5H,4,6H2,1H3. The summed E-state index contributed by atoms with van der Waals surface area (Å²) in [6.07, 6.45) is 2.28. The summed E-state index contributed by atoms with van der Waals surface area (Å²) >= 11 is 0. The van der Waals surface area contributed by atoms with Crippen LogP contribution in [0.5, 0.6) is 0 Å². The molecule has 3 heteroatoms. The van der Waals surface area contributed by atoms with Gasteiger partial charge in [0.2, 0.25) is 0 Å². The fraction of sp³-hybridized carbons (Fsp3) is 0.444. The Hall–Kier alpha value is -1.25. The van der Waals surface area contributed by atoms with Crippen LogP contribution in [0.25, 0.3) is 0 Å². The molecule has 1 aromatic rings. The van der Waals surface area contributed by atoms with Gasteiger partial charge < -0.3 is 9.15 Å². The van der Waals surface area contributed by atoms with E-state index in [4.69, 9.17) is 9.15 Å². The second-order valence-corrected chi connectivity index (χ2v) is 3.20. The second-order valence-electron chi connectivity index (χ2n) is 3.20. The van der Waals surface area contributed by atoms with E-state index in [0.717, 1.165) is 0 Å². The maximum Gasteiger partial charge on any atom is 0.319 e. The van der Waals surface area contributed by atoms with E-state index in [1.54, 1.807) is 12.3 Å². The highest BCUT2D eigenvalue weighted by Gasteiger charge is 2.43. The summed E-state index contributed by atoms with van der Waals surface area (Å²) in [4.78, 5) is 11.3. The topological polar surface area (TPSA) is 39.4 Å². The fourth-order valence-electron chi connectivity index (χ4n) is 1.43. The number of esters is 1. The SMILES string of the molecule is CC1(c2ccco2)CCOC1=O. The summed E-state index contributed by atoms with van der Waals surface area (Å²) < 4.78 is 10.1. The van der Waals surface area contributed by atoms with E-state index < -0.39 is 5.41 Å². The van der Waals surface area contributed by atoms with E-state index >= 15 is 0 Å². The van der Waals surface area contributed by atoms with Crippen LogP contribution in [0.1, 0.15) is 19.1 Å². The van der Waals surface area contributed by atoms with Crippen molar-refractivity contribution in [2.75, 3.05) is 6.61 Å².